The molecule has 0 N–H and O–H groups in total. The third-order valence-corrected chi connectivity index (χ3v) is 18.9. The third-order valence-electron chi connectivity index (χ3n) is 10.6. The maximum absolute atomic E-state index is 7.63. The fraction of sp³-hybridized carbons (Fsp3) is 0.220. The summed E-state index contributed by atoms with van der Waals surface area (Å²) in [4.78, 5) is 2.66. The molecule has 7 aromatic rings. The van der Waals surface area contributed by atoms with Crippen LogP contribution in [0.25, 0.3) is 43.5 Å². The molecular formula is C41H43BNO2PS2. The summed E-state index contributed by atoms with van der Waals surface area (Å²) in [5, 5.41) is 7.33. The number of rotatable bonds is 6. The topological polar surface area (TPSA) is 29.5 Å². The largest absolute Gasteiger partial charge is 0.402 e. The fourth-order valence-electron chi connectivity index (χ4n) is 7.23. The van der Waals surface area contributed by atoms with Gasteiger partial charge in [-0.1, -0.05) is 106 Å². The van der Waals surface area contributed by atoms with Gasteiger partial charge in [-0.3, -0.25) is 9.88 Å². The van der Waals surface area contributed by atoms with Gasteiger partial charge in [0.05, 0.1) is 11.4 Å². The van der Waals surface area contributed by atoms with Gasteiger partial charge >= 0.3 is 8.16 Å². The van der Waals surface area contributed by atoms with E-state index in [1.165, 1.54) is 64.6 Å². The van der Waals surface area contributed by atoms with Gasteiger partial charge < -0.3 is 8.39 Å². The van der Waals surface area contributed by atoms with Crippen molar-refractivity contribution < 1.29 is 8.39 Å². The smallest absolute Gasteiger partial charge is 0.346 e. The van der Waals surface area contributed by atoms with Gasteiger partial charge in [0.1, 0.15) is 0 Å². The van der Waals surface area contributed by atoms with Crippen LogP contribution in [0.3, 0.4) is 0 Å². The molecule has 8 rings (SSSR count). The molecule has 1 aromatic heterocycles. The third kappa shape index (κ3) is 4.90. The molecule has 2 unspecified atom stereocenters. The van der Waals surface area contributed by atoms with Crippen molar-refractivity contribution in [1.82, 2.24) is 0 Å². The molecule has 0 aliphatic carbocycles. The van der Waals surface area contributed by atoms with E-state index in [9.17, 15) is 0 Å². The Hall–Kier alpha value is -3.70. The molecule has 6 aromatic carbocycles. The van der Waals surface area contributed by atoms with Gasteiger partial charge in [-0.2, -0.15) is 0 Å². The predicted molar refractivity (Wildman–Crippen MR) is 218 cm³/mol. The Kier molecular flexibility index (Phi) is 7.90. The van der Waals surface area contributed by atoms with E-state index in [2.05, 4.69) is 154 Å². The van der Waals surface area contributed by atoms with Gasteiger partial charge in [0.15, 0.2) is 18.3 Å². The first-order valence-electron chi connectivity index (χ1n) is 17.0. The summed E-state index contributed by atoms with van der Waals surface area (Å²) in [5.41, 5.74) is 6.93. The van der Waals surface area contributed by atoms with Crippen LogP contribution in [-0.4, -0.2) is 36.9 Å². The minimum Gasteiger partial charge on any atom is -0.402 e. The highest BCUT2D eigenvalue weighted by Gasteiger charge is 2.31. The monoisotopic (exact) mass is 687 g/mol. The number of hydrogen-bond acceptors (Lipinski definition) is 3. The van der Waals surface area contributed by atoms with Crippen LogP contribution in [0.5, 0.6) is 0 Å². The Bertz CT molecular complexity index is 2370. The second-order valence-electron chi connectivity index (χ2n) is 13.4. The summed E-state index contributed by atoms with van der Waals surface area (Å²) in [6.07, 6.45) is 5.82. The van der Waals surface area contributed by atoms with E-state index in [0.717, 1.165) is 34.8 Å². The summed E-state index contributed by atoms with van der Waals surface area (Å²) in [7, 11) is -1.63. The lowest BCUT2D eigenvalue weighted by Crippen LogP contribution is -2.15. The summed E-state index contributed by atoms with van der Waals surface area (Å²) in [6.45, 7) is 7.02. The highest BCUT2D eigenvalue weighted by molar-refractivity contribution is 8.49. The van der Waals surface area contributed by atoms with Gasteiger partial charge in [0.25, 0.3) is 0 Å². The van der Waals surface area contributed by atoms with Crippen LogP contribution in [0.4, 0.5) is 11.4 Å². The van der Waals surface area contributed by atoms with E-state index in [-0.39, 0.29) is 0 Å². The molecule has 0 radical (unpaired) electrons. The minimum atomic E-state index is -1.66. The van der Waals surface area contributed by atoms with Gasteiger partial charge in [0.2, 0.25) is 0 Å². The van der Waals surface area contributed by atoms with E-state index in [0.29, 0.717) is 0 Å². The van der Waals surface area contributed by atoms with Crippen LogP contribution in [0, 0.1) is 0 Å². The lowest BCUT2D eigenvalue weighted by molar-refractivity contribution is 0.631. The van der Waals surface area contributed by atoms with Crippen LogP contribution in [0.15, 0.2) is 127 Å². The average molecular weight is 688 g/mol. The first-order chi connectivity index (χ1) is 23.3. The zero-order valence-electron chi connectivity index (χ0n) is 28.7. The van der Waals surface area contributed by atoms with Crippen molar-refractivity contribution in [2.75, 3.05) is 34.4 Å². The molecule has 48 heavy (non-hydrogen) atoms. The van der Waals surface area contributed by atoms with E-state index in [1.807, 2.05) is 0 Å². The molecule has 2 heterocycles. The van der Waals surface area contributed by atoms with Gasteiger partial charge in [-0.05, 0) is 86.7 Å². The molecule has 0 amide bonds. The van der Waals surface area contributed by atoms with E-state index < -0.39 is 28.1 Å². The van der Waals surface area contributed by atoms with Gasteiger partial charge in [0, 0.05) is 27.0 Å². The Morgan fingerprint density at radius 2 is 1.08 bits per heavy atom. The molecule has 7 heteroatoms. The molecule has 0 saturated heterocycles. The molecule has 3 nitrogen and oxygen atoms in total. The standard InChI is InChI=1S/C41H43BNO2PS2/c1-6-47(4,7-2)36-26-28-17-9-13-21-32(28)38-39-33-22-14-10-18-29(33)27-37(48(5,42)8-3)41(39)45-46(44-40(36)38)43-34-23-15-11-19-30(34)25-31-20-12-16-24-35(31)43/h9-24,26-27H,6-8,25,42H2,1-5H3. The van der Waals surface area contributed by atoms with Crippen molar-refractivity contribution in [2.24, 2.45) is 0 Å². The van der Waals surface area contributed by atoms with E-state index in [4.69, 9.17) is 8.39 Å². The molecule has 0 fully saturated rings. The van der Waals surface area contributed by atoms with E-state index >= 15 is 0 Å². The van der Waals surface area contributed by atoms with Crippen LogP contribution in [-0.2, 0) is 6.42 Å². The first-order valence-corrected chi connectivity index (χ1v) is 23.1. The SMILES string of the molecule is BS(C)(CC)c1cc2ccccc2c2c1op(N1c3ccccc3Cc3ccccc31)oc1c(S(C)(CC)CC)cc3ccccc3c12. The molecule has 2 atom stereocenters. The number of para-hydroxylation sites is 2. The Balaban J connectivity index is 1.69. The number of benzene rings is 6. The van der Waals surface area contributed by atoms with Gasteiger partial charge in [-0.15, -0.1) is 0 Å². The second-order valence-corrected chi connectivity index (χ2v) is 22.9. The number of anilines is 2. The van der Waals surface area contributed by atoms with Crippen LogP contribution in [0.1, 0.15) is 31.9 Å². The van der Waals surface area contributed by atoms with Crippen molar-refractivity contribution in [3.63, 3.8) is 0 Å². The van der Waals surface area contributed by atoms with Crippen molar-refractivity contribution in [3.05, 3.63) is 120 Å². The highest BCUT2D eigenvalue weighted by Crippen LogP contribution is 2.60. The summed E-state index contributed by atoms with van der Waals surface area (Å²) >= 11 is 0. The highest BCUT2D eigenvalue weighted by atomic mass is 32.3. The summed E-state index contributed by atoms with van der Waals surface area (Å²) < 4.78 is 17.6. The molecule has 1 aliphatic rings. The lowest BCUT2D eigenvalue weighted by atomic mass is 9.97. The molecule has 1 aliphatic heterocycles. The number of hydrogen-bond donors (Lipinski definition) is 0. The minimum absolute atomic E-state index is 0.895. The molecule has 0 bridgehead atoms. The van der Waals surface area contributed by atoms with Crippen molar-refractivity contribution >= 4 is 90.1 Å². The fourth-order valence-corrected chi connectivity index (χ4v) is 12.4. The quantitative estimate of drug-likeness (QED) is 0.163. The maximum Gasteiger partial charge on any atom is 0.346 e. The second kappa shape index (κ2) is 12.0. The number of fused-ring (bicyclic) bond motifs is 9. The van der Waals surface area contributed by atoms with Crippen LogP contribution < -0.4 is 4.67 Å². The zero-order chi connectivity index (χ0) is 33.2. The molecule has 0 spiro atoms. The number of nitrogens with zero attached hydrogens (tertiary/aromatic N) is 1. The normalized spacial score (nSPS) is 15.7. The molecular weight excluding hydrogens is 644 g/mol. The van der Waals surface area contributed by atoms with Crippen LogP contribution >= 0.6 is 28.1 Å². The zero-order valence-corrected chi connectivity index (χ0v) is 31.3. The Morgan fingerprint density at radius 3 is 1.60 bits per heavy atom. The van der Waals surface area contributed by atoms with Crippen molar-refractivity contribution in [2.45, 2.75) is 37.0 Å². The average Bonchev–Trinajstić information content (AvgIpc) is 3.30. The van der Waals surface area contributed by atoms with Crippen LogP contribution in [0.2, 0.25) is 0 Å². The van der Waals surface area contributed by atoms with Crippen molar-refractivity contribution in [1.29, 1.82) is 0 Å². The predicted octanol–water partition coefficient (Wildman–Crippen LogP) is 12.3. The molecule has 0 saturated carbocycles. The van der Waals surface area contributed by atoms with Crippen molar-refractivity contribution in [3.8, 4) is 0 Å². The summed E-state index contributed by atoms with van der Waals surface area (Å²) in [5.74, 6) is 3.25. The van der Waals surface area contributed by atoms with E-state index in [1.54, 1.807) is 0 Å². The first kappa shape index (κ1) is 31.6. The molecule has 244 valence electrons. The Morgan fingerprint density at radius 1 is 0.625 bits per heavy atom. The summed E-state index contributed by atoms with van der Waals surface area (Å²) in [6, 6.07) is 40.3. The maximum atomic E-state index is 7.63. The van der Waals surface area contributed by atoms with Gasteiger partial charge in [-0.25, -0.2) is 14.7 Å². The lowest BCUT2D eigenvalue weighted by Gasteiger charge is -2.35. The Labute approximate surface area is 288 Å².